The molecule has 0 aliphatic carbocycles. The van der Waals surface area contributed by atoms with Crippen molar-refractivity contribution in [3.05, 3.63) is 59.5 Å². The van der Waals surface area contributed by atoms with Gasteiger partial charge in [0.15, 0.2) is 22.9 Å². The molecule has 0 atom stereocenters. The van der Waals surface area contributed by atoms with Crippen molar-refractivity contribution in [3.63, 3.8) is 0 Å². The molecule has 0 unspecified atom stereocenters. The van der Waals surface area contributed by atoms with Crippen LogP contribution in [0, 0.1) is 5.82 Å². The number of hydrogen-bond donors (Lipinski definition) is 1. The maximum Gasteiger partial charge on any atom is 0.263 e. The molecule has 0 aliphatic heterocycles. The highest BCUT2D eigenvalue weighted by Gasteiger charge is 2.19. The number of fused-ring (bicyclic) bond motifs is 1. The van der Waals surface area contributed by atoms with Gasteiger partial charge in [-0.15, -0.1) is 0 Å². The first-order chi connectivity index (χ1) is 9.19. The quantitative estimate of drug-likeness (QED) is 0.734. The monoisotopic (exact) mass is 259 g/mol. The Bertz CT molecular complexity index is 757. The van der Waals surface area contributed by atoms with Crippen LogP contribution in [-0.2, 0) is 6.54 Å². The van der Waals surface area contributed by atoms with Crippen molar-refractivity contribution >= 4 is 16.8 Å². The van der Waals surface area contributed by atoms with Gasteiger partial charge in [0.25, 0.3) is 5.78 Å². The number of benzene rings is 1. The molecule has 0 amide bonds. The van der Waals surface area contributed by atoms with Gasteiger partial charge in [0.2, 0.25) is 0 Å². The number of para-hydroxylation sites is 1. The molecule has 0 saturated heterocycles. The fourth-order valence-electron chi connectivity index (χ4n) is 1.87. The van der Waals surface area contributed by atoms with Gasteiger partial charge in [-0.1, -0.05) is 12.1 Å². The molecule has 5 heteroatoms. The van der Waals surface area contributed by atoms with Crippen molar-refractivity contribution in [1.29, 1.82) is 0 Å². The number of halogens is 1. The van der Waals surface area contributed by atoms with E-state index >= 15 is 0 Å². The minimum atomic E-state index is -0.501. The Balaban J connectivity index is 2.04. The predicted octanol–water partition coefficient (Wildman–Crippen LogP) is 2.85. The zero-order valence-electron chi connectivity index (χ0n) is 9.85. The lowest BCUT2D eigenvalue weighted by Crippen LogP contribution is -1.98. The number of ketones is 1. The molecule has 1 aromatic carbocycles. The van der Waals surface area contributed by atoms with E-state index in [0.29, 0.717) is 11.1 Å². The average molecular weight is 259 g/mol. The minimum absolute atomic E-state index is 0.0398. The molecular weight excluding hydrogens is 249 g/mol. The number of rotatable bonds is 3. The molecule has 4 nitrogen and oxygen atoms in total. The summed E-state index contributed by atoms with van der Waals surface area (Å²) >= 11 is 0. The van der Waals surface area contributed by atoms with Gasteiger partial charge in [-0.05, 0) is 24.3 Å². The summed E-state index contributed by atoms with van der Waals surface area (Å²) in [5, 5.41) is 0.536. The van der Waals surface area contributed by atoms with Crippen molar-refractivity contribution in [1.82, 2.24) is 0 Å². The van der Waals surface area contributed by atoms with E-state index in [4.69, 9.17) is 14.6 Å². The Morgan fingerprint density at radius 1 is 1.16 bits per heavy atom. The summed E-state index contributed by atoms with van der Waals surface area (Å²) in [7, 11) is 0. The molecule has 0 bridgehead atoms. The van der Waals surface area contributed by atoms with Gasteiger partial charge in [-0.3, -0.25) is 4.79 Å². The van der Waals surface area contributed by atoms with Gasteiger partial charge in [0.1, 0.15) is 5.76 Å². The van der Waals surface area contributed by atoms with E-state index in [-0.39, 0.29) is 23.6 Å². The Hall–Kier alpha value is -2.40. The second kappa shape index (κ2) is 4.37. The fourth-order valence-corrected chi connectivity index (χ4v) is 1.87. The molecule has 0 saturated carbocycles. The van der Waals surface area contributed by atoms with Crippen LogP contribution in [0.2, 0.25) is 0 Å². The van der Waals surface area contributed by atoms with Gasteiger partial charge in [0, 0.05) is 5.39 Å². The number of hydrogen-bond acceptors (Lipinski definition) is 4. The van der Waals surface area contributed by atoms with E-state index in [1.807, 2.05) is 0 Å². The lowest BCUT2D eigenvalue weighted by atomic mass is 10.2. The summed E-state index contributed by atoms with van der Waals surface area (Å²) in [5.41, 5.74) is 5.47. The van der Waals surface area contributed by atoms with E-state index < -0.39 is 11.6 Å². The van der Waals surface area contributed by atoms with E-state index in [1.165, 1.54) is 18.2 Å². The zero-order valence-corrected chi connectivity index (χ0v) is 9.85. The van der Waals surface area contributed by atoms with Crippen molar-refractivity contribution in [2.75, 3.05) is 0 Å². The van der Waals surface area contributed by atoms with Crippen molar-refractivity contribution in [3.8, 4) is 0 Å². The highest BCUT2D eigenvalue weighted by molar-refractivity contribution is 6.07. The largest absolute Gasteiger partial charge is 0.456 e. The van der Waals surface area contributed by atoms with Crippen molar-refractivity contribution in [2.24, 2.45) is 5.73 Å². The lowest BCUT2D eigenvalue weighted by Gasteiger charge is -1.92. The minimum Gasteiger partial charge on any atom is -0.456 e. The van der Waals surface area contributed by atoms with E-state index in [2.05, 4.69) is 0 Å². The number of carbonyl (C=O) groups is 1. The fraction of sp³-hybridized carbons (Fsp3) is 0.0714. The second-order valence-corrected chi connectivity index (χ2v) is 4.07. The third kappa shape index (κ3) is 1.94. The van der Waals surface area contributed by atoms with Gasteiger partial charge < -0.3 is 14.6 Å². The van der Waals surface area contributed by atoms with Crippen LogP contribution in [0.4, 0.5) is 4.39 Å². The maximum atomic E-state index is 13.5. The van der Waals surface area contributed by atoms with Crippen LogP contribution in [0.3, 0.4) is 0 Å². The summed E-state index contributed by atoms with van der Waals surface area (Å²) in [6.07, 6.45) is 0. The van der Waals surface area contributed by atoms with Gasteiger partial charge in [-0.25, -0.2) is 4.39 Å². The van der Waals surface area contributed by atoms with Gasteiger partial charge in [-0.2, -0.15) is 0 Å². The summed E-state index contributed by atoms with van der Waals surface area (Å²) in [6.45, 7) is 0.210. The number of carbonyl (C=O) groups excluding carboxylic acids is 1. The third-order valence-corrected chi connectivity index (χ3v) is 2.81. The SMILES string of the molecule is NCc1ccc(C(=O)c2cc3cccc(F)c3o2)o1. The Labute approximate surface area is 107 Å². The molecule has 2 N–H and O–H groups in total. The Morgan fingerprint density at radius 2 is 2.00 bits per heavy atom. The molecule has 96 valence electrons. The molecule has 0 spiro atoms. The normalized spacial score (nSPS) is 11.1. The van der Waals surface area contributed by atoms with Crippen LogP contribution in [0.15, 0.2) is 45.2 Å². The molecule has 0 fully saturated rings. The summed E-state index contributed by atoms with van der Waals surface area (Å²) in [6, 6.07) is 9.14. The van der Waals surface area contributed by atoms with Crippen LogP contribution >= 0.6 is 0 Å². The van der Waals surface area contributed by atoms with Crippen LogP contribution in [0.1, 0.15) is 22.1 Å². The molecule has 3 aromatic rings. The highest BCUT2D eigenvalue weighted by atomic mass is 19.1. The van der Waals surface area contributed by atoms with Gasteiger partial charge >= 0.3 is 0 Å². The summed E-state index contributed by atoms with van der Waals surface area (Å²) in [4.78, 5) is 12.1. The molecule has 2 aromatic heterocycles. The van der Waals surface area contributed by atoms with Crippen LogP contribution < -0.4 is 5.73 Å². The smallest absolute Gasteiger partial charge is 0.263 e. The van der Waals surface area contributed by atoms with Crippen molar-refractivity contribution in [2.45, 2.75) is 6.54 Å². The van der Waals surface area contributed by atoms with E-state index in [1.54, 1.807) is 18.2 Å². The first kappa shape index (κ1) is 11.7. The Morgan fingerprint density at radius 3 is 2.68 bits per heavy atom. The van der Waals surface area contributed by atoms with Gasteiger partial charge in [0.05, 0.1) is 6.54 Å². The molecule has 2 heterocycles. The van der Waals surface area contributed by atoms with E-state index in [9.17, 15) is 9.18 Å². The summed E-state index contributed by atoms with van der Waals surface area (Å²) in [5.74, 6) is -0.266. The first-order valence-electron chi connectivity index (χ1n) is 5.70. The number of furan rings is 2. The molecule has 0 radical (unpaired) electrons. The standard InChI is InChI=1S/C14H10FNO3/c15-10-3-1-2-8-6-12(19-14(8)10)13(17)11-5-4-9(7-16)18-11/h1-6H,7,16H2. The molecule has 0 aliphatic rings. The van der Waals surface area contributed by atoms with Crippen LogP contribution in [-0.4, -0.2) is 5.78 Å². The number of nitrogens with two attached hydrogens (primary N) is 1. The maximum absolute atomic E-state index is 13.5. The first-order valence-corrected chi connectivity index (χ1v) is 5.70. The zero-order chi connectivity index (χ0) is 13.4. The predicted molar refractivity (Wildman–Crippen MR) is 66.2 cm³/mol. The second-order valence-electron chi connectivity index (χ2n) is 4.07. The molecular formula is C14H10FNO3. The molecule has 19 heavy (non-hydrogen) atoms. The summed E-state index contributed by atoms with van der Waals surface area (Å²) < 4.78 is 24.0. The molecule has 3 rings (SSSR count). The third-order valence-electron chi connectivity index (χ3n) is 2.81. The highest BCUT2D eigenvalue weighted by Crippen LogP contribution is 2.24. The average Bonchev–Trinajstić information content (AvgIpc) is 3.05. The van der Waals surface area contributed by atoms with E-state index in [0.717, 1.165) is 0 Å². The van der Waals surface area contributed by atoms with Crippen LogP contribution in [0.5, 0.6) is 0 Å². The Kier molecular flexibility index (Phi) is 2.68. The van der Waals surface area contributed by atoms with Crippen molar-refractivity contribution < 1.29 is 18.0 Å². The topological polar surface area (TPSA) is 69.4 Å². The van der Waals surface area contributed by atoms with Crippen LogP contribution in [0.25, 0.3) is 11.0 Å². The lowest BCUT2D eigenvalue weighted by molar-refractivity contribution is 0.0983.